The van der Waals surface area contributed by atoms with E-state index < -0.39 is 10.0 Å². The van der Waals surface area contributed by atoms with E-state index in [1.807, 2.05) is 42.5 Å². The van der Waals surface area contributed by atoms with Crippen molar-refractivity contribution in [1.82, 2.24) is 9.71 Å². The Labute approximate surface area is 190 Å². The van der Waals surface area contributed by atoms with Crippen molar-refractivity contribution in [1.29, 1.82) is 0 Å². The summed E-state index contributed by atoms with van der Waals surface area (Å²) >= 11 is 1.67. The average molecular weight is 462 g/mol. The molecule has 2 N–H and O–H groups in total. The van der Waals surface area contributed by atoms with E-state index in [1.165, 1.54) is 24.3 Å². The van der Waals surface area contributed by atoms with Gasteiger partial charge in [0.15, 0.2) is 0 Å². The number of hydrogen-bond acceptors (Lipinski definition) is 5. The van der Waals surface area contributed by atoms with Gasteiger partial charge in [-0.3, -0.25) is 4.79 Å². The Balaban J connectivity index is 1.39. The number of anilines is 1. The smallest absolute Gasteiger partial charge is 0.255 e. The lowest BCUT2D eigenvalue weighted by Gasteiger charge is -2.08. The van der Waals surface area contributed by atoms with Crippen molar-refractivity contribution in [3.8, 4) is 12.3 Å². The van der Waals surface area contributed by atoms with E-state index in [2.05, 4.69) is 27.0 Å². The Morgan fingerprint density at radius 2 is 1.72 bits per heavy atom. The predicted octanol–water partition coefficient (Wildman–Crippen LogP) is 4.05. The number of nitrogens with zero attached hydrogens (tertiary/aromatic N) is 1. The maximum absolute atomic E-state index is 12.5. The van der Waals surface area contributed by atoms with Crippen LogP contribution in [-0.2, 0) is 16.4 Å². The first-order valence-corrected chi connectivity index (χ1v) is 12.0. The van der Waals surface area contributed by atoms with Gasteiger partial charge in [0.05, 0.1) is 26.7 Å². The molecule has 0 saturated carbocycles. The predicted molar refractivity (Wildman–Crippen MR) is 127 cm³/mol. The van der Waals surface area contributed by atoms with Crippen molar-refractivity contribution in [2.24, 2.45) is 0 Å². The van der Waals surface area contributed by atoms with E-state index in [0.717, 1.165) is 27.2 Å². The van der Waals surface area contributed by atoms with Crippen molar-refractivity contribution < 1.29 is 13.2 Å². The van der Waals surface area contributed by atoms with Crippen LogP contribution in [0, 0.1) is 12.3 Å². The molecule has 0 saturated heterocycles. The van der Waals surface area contributed by atoms with E-state index in [0.29, 0.717) is 11.3 Å². The molecule has 0 fully saturated rings. The molecular weight excluding hydrogens is 442 g/mol. The summed E-state index contributed by atoms with van der Waals surface area (Å²) in [6.07, 6.45) is 5.80. The van der Waals surface area contributed by atoms with Crippen LogP contribution in [0.4, 0.5) is 5.69 Å². The number of fused-ring (bicyclic) bond motifs is 1. The average Bonchev–Trinajstić information content (AvgIpc) is 3.21. The van der Waals surface area contributed by atoms with Crippen LogP contribution in [0.15, 0.2) is 77.7 Å². The number of sulfonamides is 1. The highest BCUT2D eigenvalue weighted by molar-refractivity contribution is 7.89. The highest BCUT2D eigenvalue weighted by atomic mass is 32.2. The Morgan fingerprint density at radius 1 is 1.00 bits per heavy atom. The molecule has 0 aliphatic carbocycles. The first-order chi connectivity index (χ1) is 15.4. The molecule has 0 atom stereocenters. The van der Waals surface area contributed by atoms with Gasteiger partial charge in [0, 0.05) is 17.7 Å². The van der Waals surface area contributed by atoms with Crippen molar-refractivity contribution in [2.45, 2.75) is 11.3 Å². The van der Waals surface area contributed by atoms with Gasteiger partial charge in [-0.15, -0.1) is 17.8 Å². The van der Waals surface area contributed by atoms with Gasteiger partial charge in [-0.25, -0.2) is 13.4 Å². The molecule has 0 radical (unpaired) electrons. The molecule has 6 nitrogen and oxygen atoms in total. The van der Waals surface area contributed by atoms with Crippen LogP contribution in [0.2, 0.25) is 0 Å². The normalized spacial score (nSPS) is 11.2. The van der Waals surface area contributed by atoms with E-state index in [9.17, 15) is 13.2 Å². The molecule has 160 valence electrons. The molecule has 1 aromatic heterocycles. The van der Waals surface area contributed by atoms with Gasteiger partial charge in [-0.1, -0.05) is 30.2 Å². The fourth-order valence-corrected chi connectivity index (χ4v) is 5.02. The number of carbonyl (C=O) groups is 1. The number of thiazole rings is 1. The highest BCUT2D eigenvalue weighted by Crippen LogP contribution is 2.24. The quantitative estimate of drug-likeness (QED) is 0.407. The molecule has 1 amide bonds. The second-order valence-corrected chi connectivity index (χ2v) is 9.84. The van der Waals surface area contributed by atoms with E-state index in [-0.39, 0.29) is 17.3 Å². The summed E-state index contributed by atoms with van der Waals surface area (Å²) in [5, 5.41) is 3.86. The van der Waals surface area contributed by atoms with Gasteiger partial charge >= 0.3 is 0 Å². The number of terminal acetylenes is 1. The molecule has 0 aliphatic rings. The van der Waals surface area contributed by atoms with Gasteiger partial charge < -0.3 is 5.32 Å². The SMILES string of the molecule is C#CCNS(=O)(=O)c1ccc(C(=O)Nc2ccc(Cc3nc4ccccc4s3)cc2)cc1. The minimum Gasteiger partial charge on any atom is -0.322 e. The third-order valence-corrected chi connectivity index (χ3v) is 7.15. The van der Waals surface area contributed by atoms with Gasteiger partial charge in [0.25, 0.3) is 5.91 Å². The van der Waals surface area contributed by atoms with Crippen molar-refractivity contribution in [3.63, 3.8) is 0 Å². The summed E-state index contributed by atoms with van der Waals surface area (Å²) in [5.74, 6) is 1.89. The van der Waals surface area contributed by atoms with Crippen molar-refractivity contribution in [2.75, 3.05) is 11.9 Å². The zero-order chi connectivity index (χ0) is 22.6. The second kappa shape index (κ2) is 9.32. The standard InChI is InChI=1S/C24H19N3O3S2/c1-2-15-25-32(29,30)20-13-9-18(10-14-20)24(28)26-19-11-7-17(8-12-19)16-23-27-21-5-3-4-6-22(21)31-23/h1,3-14,25H,15-16H2,(H,26,28). The van der Waals surface area contributed by atoms with Gasteiger partial charge in [0.1, 0.15) is 0 Å². The van der Waals surface area contributed by atoms with Crippen LogP contribution >= 0.6 is 11.3 Å². The highest BCUT2D eigenvalue weighted by Gasteiger charge is 2.14. The molecule has 8 heteroatoms. The van der Waals surface area contributed by atoms with Crippen LogP contribution in [0.5, 0.6) is 0 Å². The van der Waals surface area contributed by atoms with Crippen molar-refractivity contribution >= 4 is 43.2 Å². The van der Waals surface area contributed by atoms with Crippen LogP contribution in [0.3, 0.4) is 0 Å². The van der Waals surface area contributed by atoms with Crippen LogP contribution in [0.1, 0.15) is 20.9 Å². The summed E-state index contributed by atoms with van der Waals surface area (Å²) in [6, 6.07) is 21.3. The topological polar surface area (TPSA) is 88.2 Å². The fraction of sp³-hybridized carbons (Fsp3) is 0.0833. The summed E-state index contributed by atoms with van der Waals surface area (Å²) in [7, 11) is -3.69. The lowest BCUT2D eigenvalue weighted by atomic mass is 10.1. The lowest BCUT2D eigenvalue weighted by molar-refractivity contribution is 0.102. The van der Waals surface area contributed by atoms with E-state index >= 15 is 0 Å². The molecule has 0 spiro atoms. The number of hydrogen-bond donors (Lipinski definition) is 2. The monoisotopic (exact) mass is 461 g/mol. The molecule has 0 bridgehead atoms. The number of nitrogens with one attached hydrogen (secondary N) is 2. The number of benzene rings is 3. The van der Waals surface area contributed by atoms with Gasteiger partial charge in [-0.2, -0.15) is 4.72 Å². The largest absolute Gasteiger partial charge is 0.322 e. The third-order valence-electron chi connectivity index (χ3n) is 4.70. The van der Waals surface area contributed by atoms with Crippen LogP contribution in [-0.4, -0.2) is 25.9 Å². The van der Waals surface area contributed by atoms with Crippen LogP contribution < -0.4 is 10.0 Å². The van der Waals surface area contributed by atoms with Gasteiger partial charge in [-0.05, 0) is 54.1 Å². The number of rotatable bonds is 7. The minimum absolute atomic E-state index is 0.0449. The maximum Gasteiger partial charge on any atom is 0.255 e. The van der Waals surface area contributed by atoms with E-state index in [4.69, 9.17) is 6.42 Å². The molecule has 0 aliphatic heterocycles. The summed E-state index contributed by atoms with van der Waals surface area (Å²) in [6.45, 7) is -0.0977. The molecule has 4 rings (SSSR count). The Bertz CT molecular complexity index is 1370. The maximum atomic E-state index is 12.5. The molecule has 1 heterocycles. The zero-order valence-electron chi connectivity index (χ0n) is 16.9. The first-order valence-electron chi connectivity index (χ1n) is 9.72. The fourth-order valence-electron chi connectivity index (χ4n) is 3.08. The van der Waals surface area contributed by atoms with Crippen molar-refractivity contribution in [3.05, 3.63) is 88.9 Å². The minimum atomic E-state index is -3.69. The Morgan fingerprint density at radius 3 is 2.41 bits per heavy atom. The number of para-hydroxylation sites is 1. The number of amides is 1. The number of carbonyl (C=O) groups excluding carboxylic acids is 1. The second-order valence-electron chi connectivity index (χ2n) is 6.96. The van der Waals surface area contributed by atoms with Gasteiger partial charge in [0.2, 0.25) is 10.0 Å². The molecule has 32 heavy (non-hydrogen) atoms. The molecule has 0 unspecified atom stereocenters. The third kappa shape index (κ3) is 5.03. The summed E-state index contributed by atoms with van der Waals surface area (Å²) in [5.41, 5.74) is 3.09. The Hall–Kier alpha value is -3.51. The van der Waals surface area contributed by atoms with Crippen LogP contribution in [0.25, 0.3) is 10.2 Å². The summed E-state index contributed by atoms with van der Waals surface area (Å²) < 4.78 is 27.6. The lowest BCUT2D eigenvalue weighted by Crippen LogP contribution is -2.24. The molecular formula is C24H19N3O3S2. The Kier molecular flexibility index (Phi) is 6.32. The summed E-state index contributed by atoms with van der Waals surface area (Å²) in [4.78, 5) is 17.2. The van der Waals surface area contributed by atoms with E-state index in [1.54, 1.807) is 11.3 Å². The molecule has 3 aromatic carbocycles. The first kappa shape index (κ1) is 21.7. The zero-order valence-corrected chi connectivity index (χ0v) is 18.5. The number of aromatic nitrogens is 1. The molecule has 4 aromatic rings.